The van der Waals surface area contributed by atoms with Gasteiger partial charge in [0.25, 0.3) is 0 Å². The van der Waals surface area contributed by atoms with Gasteiger partial charge >= 0.3 is 0 Å². The first-order chi connectivity index (χ1) is 10.6. The van der Waals surface area contributed by atoms with E-state index in [4.69, 9.17) is 0 Å². The second-order valence-corrected chi connectivity index (χ2v) is 6.36. The summed E-state index contributed by atoms with van der Waals surface area (Å²) in [5.74, 6) is 0.0679. The summed E-state index contributed by atoms with van der Waals surface area (Å²) in [7, 11) is 0. The van der Waals surface area contributed by atoms with Crippen LogP contribution in [-0.4, -0.2) is 72.8 Å². The van der Waals surface area contributed by atoms with Crippen molar-refractivity contribution in [1.82, 2.24) is 21.3 Å². The van der Waals surface area contributed by atoms with E-state index in [2.05, 4.69) is 21.3 Å². The molecule has 10 heteroatoms. The van der Waals surface area contributed by atoms with Gasteiger partial charge in [0.15, 0.2) is 0 Å². The lowest BCUT2D eigenvalue weighted by Crippen LogP contribution is -2.38. The first kappa shape index (κ1) is 18.6. The van der Waals surface area contributed by atoms with Crippen molar-refractivity contribution in [3.05, 3.63) is 0 Å². The fourth-order valence-electron chi connectivity index (χ4n) is 1.48. The Labute approximate surface area is 137 Å². The van der Waals surface area contributed by atoms with Gasteiger partial charge in [0.2, 0.25) is 23.6 Å². The minimum absolute atomic E-state index is 0.171. The van der Waals surface area contributed by atoms with E-state index in [1.165, 1.54) is 23.5 Å². The zero-order chi connectivity index (χ0) is 16.2. The minimum Gasteiger partial charge on any atom is -0.354 e. The van der Waals surface area contributed by atoms with Crippen LogP contribution in [0.15, 0.2) is 0 Å². The van der Waals surface area contributed by atoms with Gasteiger partial charge in [-0.3, -0.25) is 19.2 Å². The fraction of sp³-hybridized carbons (Fsp3) is 0.667. The van der Waals surface area contributed by atoms with Crippen molar-refractivity contribution < 1.29 is 19.2 Å². The van der Waals surface area contributed by atoms with Crippen molar-refractivity contribution >= 4 is 47.2 Å². The normalized spacial score (nSPS) is 20.7. The predicted molar refractivity (Wildman–Crippen MR) is 86.7 cm³/mol. The first-order valence-electron chi connectivity index (χ1n) is 6.80. The summed E-state index contributed by atoms with van der Waals surface area (Å²) in [6.45, 7) is 1.34. The van der Waals surface area contributed by atoms with Crippen LogP contribution < -0.4 is 21.3 Å². The molecule has 1 aliphatic heterocycles. The minimum atomic E-state index is -0.171. The van der Waals surface area contributed by atoms with Gasteiger partial charge in [-0.2, -0.15) is 0 Å². The van der Waals surface area contributed by atoms with Crippen molar-refractivity contribution in [3.8, 4) is 0 Å². The van der Waals surface area contributed by atoms with Crippen LogP contribution in [0.5, 0.6) is 0 Å². The second kappa shape index (κ2) is 11.2. The van der Waals surface area contributed by atoms with Crippen molar-refractivity contribution in [2.75, 3.05) is 49.2 Å². The number of carbonyl (C=O) groups is 4. The Balaban J connectivity index is 2.38. The molecule has 0 saturated carbocycles. The average molecular weight is 348 g/mol. The Morgan fingerprint density at radius 2 is 0.727 bits per heavy atom. The lowest BCUT2D eigenvalue weighted by molar-refractivity contribution is -0.120. The lowest BCUT2D eigenvalue weighted by atomic mass is 10.5. The van der Waals surface area contributed by atoms with E-state index in [0.717, 1.165) is 0 Å². The van der Waals surface area contributed by atoms with E-state index < -0.39 is 0 Å². The number of hydrogen-bond acceptors (Lipinski definition) is 6. The highest BCUT2D eigenvalue weighted by molar-refractivity contribution is 8.00. The molecule has 0 aromatic rings. The van der Waals surface area contributed by atoms with Crippen LogP contribution in [-0.2, 0) is 19.2 Å². The first-order valence-corrected chi connectivity index (χ1v) is 9.11. The summed E-state index contributed by atoms with van der Waals surface area (Å²) >= 11 is 2.42. The highest BCUT2D eigenvalue weighted by atomic mass is 32.2. The molecule has 22 heavy (non-hydrogen) atoms. The van der Waals surface area contributed by atoms with Crippen LogP contribution in [0.3, 0.4) is 0 Å². The van der Waals surface area contributed by atoms with Crippen molar-refractivity contribution in [2.45, 2.75) is 0 Å². The van der Waals surface area contributed by atoms with Gasteiger partial charge in [-0.15, -0.1) is 23.5 Å². The lowest BCUT2D eigenvalue weighted by Gasteiger charge is -2.09. The van der Waals surface area contributed by atoms with Crippen LogP contribution >= 0.6 is 23.5 Å². The standard InChI is InChI=1S/C12H20N4O4S2/c17-9-5-21-7-11(19)15-3-4-16-12(20)8-22-6-10(18)14-2-1-13-9/h1-8H2,(H,13,17)(H,14,18)(H,15,19)(H,16,20). The molecule has 1 saturated heterocycles. The monoisotopic (exact) mass is 348 g/mol. The third-order valence-corrected chi connectivity index (χ3v) is 4.34. The van der Waals surface area contributed by atoms with Gasteiger partial charge in [-0.1, -0.05) is 0 Å². The highest BCUT2D eigenvalue weighted by Crippen LogP contribution is 1.99. The Morgan fingerprint density at radius 1 is 0.500 bits per heavy atom. The molecule has 1 rings (SSSR count). The third kappa shape index (κ3) is 9.50. The molecular formula is C12H20N4O4S2. The maximum atomic E-state index is 11.5. The van der Waals surface area contributed by atoms with E-state index in [1.54, 1.807) is 0 Å². The zero-order valence-electron chi connectivity index (χ0n) is 12.1. The Bertz CT molecular complexity index is 346. The fourth-order valence-corrected chi connectivity index (χ4v) is 2.84. The van der Waals surface area contributed by atoms with Crippen LogP contribution in [0.2, 0.25) is 0 Å². The van der Waals surface area contributed by atoms with E-state index in [9.17, 15) is 19.2 Å². The second-order valence-electron chi connectivity index (χ2n) is 4.39. The number of hydrogen-bond donors (Lipinski definition) is 4. The maximum absolute atomic E-state index is 11.5. The van der Waals surface area contributed by atoms with Gasteiger partial charge in [0.1, 0.15) is 0 Å². The Hall–Kier alpha value is -1.42. The number of amides is 4. The summed E-state index contributed by atoms with van der Waals surface area (Å²) in [5.41, 5.74) is 0. The van der Waals surface area contributed by atoms with Gasteiger partial charge in [-0.25, -0.2) is 0 Å². The molecule has 1 fully saturated rings. The largest absolute Gasteiger partial charge is 0.354 e. The van der Waals surface area contributed by atoms with Crippen LogP contribution in [0.25, 0.3) is 0 Å². The molecule has 124 valence electrons. The number of carbonyl (C=O) groups excluding carboxylic acids is 4. The third-order valence-electron chi connectivity index (χ3n) is 2.47. The van der Waals surface area contributed by atoms with E-state index >= 15 is 0 Å². The van der Waals surface area contributed by atoms with Crippen molar-refractivity contribution in [1.29, 1.82) is 0 Å². The molecule has 4 amide bonds. The quantitative estimate of drug-likeness (QED) is 0.400. The number of nitrogens with one attached hydrogen (secondary N) is 4. The van der Waals surface area contributed by atoms with Crippen LogP contribution in [0.4, 0.5) is 0 Å². The topological polar surface area (TPSA) is 116 Å². The van der Waals surface area contributed by atoms with Gasteiger partial charge in [0.05, 0.1) is 23.0 Å². The van der Waals surface area contributed by atoms with E-state index in [-0.39, 0.29) is 46.6 Å². The molecular weight excluding hydrogens is 328 g/mol. The maximum Gasteiger partial charge on any atom is 0.230 e. The molecule has 0 unspecified atom stereocenters. The molecule has 0 atom stereocenters. The Morgan fingerprint density at radius 3 is 0.955 bits per heavy atom. The molecule has 1 aliphatic rings. The van der Waals surface area contributed by atoms with Gasteiger partial charge in [-0.05, 0) is 0 Å². The summed E-state index contributed by atoms with van der Waals surface area (Å²) < 4.78 is 0. The number of rotatable bonds is 0. The predicted octanol–water partition coefficient (Wildman–Crippen LogP) is -2.07. The molecule has 1 heterocycles. The summed E-state index contributed by atoms with van der Waals surface area (Å²) in [6, 6.07) is 0. The summed E-state index contributed by atoms with van der Waals surface area (Å²) in [6.07, 6.45) is 0. The highest BCUT2D eigenvalue weighted by Gasteiger charge is 2.08. The average Bonchev–Trinajstić information content (AvgIpc) is 2.47. The van der Waals surface area contributed by atoms with Crippen LogP contribution in [0.1, 0.15) is 0 Å². The molecule has 4 N–H and O–H groups in total. The molecule has 0 radical (unpaired) electrons. The van der Waals surface area contributed by atoms with E-state index in [1.807, 2.05) is 0 Å². The molecule has 0 spiro atoms. The van der Waals surface area contributed by atoms with Crippen molar-refractivity contribution in [3.63, 3.8) is 0 Å². The molecule has 0 aromatic heterocycles. The van der Waals surface area contributed by atoms with E-state index in [0.29, 0.717) is 26.2 Å². The van der Waals surface area contributed by atoms with Crippen LogP contribution in [0, 0.1) is 0 Å². The molecule has 0 aliphatic carbocycles. The number of thioether (sulfide) groups is 2. The van der Waals surface area contributed by atoms with Gasteiger partial charge < -0.3 is 21.3 Å². The van der Waals surface area contributed by atoms with Crippen molar-refractivity contribution in [2.24, 2.45) is 0 Å². The summed E-state index contributed by atoms with van der Waals surface area (Å²) in [4.78, 5) is 45.9. The molecule has 0 aromatic carbocycles. The van der Waals surface area contributed by atoms with Gasteiger partial charge in [0, 0.05) is 26.2 Å². The SMILES string of the molecule is O=C1CSCC(=O)NCCNC(=O)CSCC(=O)NCCN1. The molecule has 0 bridgehead atoms. The summed E-state index contributed by atoms with van der Waals surface area (Å²) in [5, 5.41) is 10.6. The zero-order valence-corrected chi connectivity index (χ0v) is 13.7. The molecule has 8 nitrogen and oxygen atoms in total. The Kier molecular flexibility index (Phi) is 9.47. The smallest absolute Gasteiger partial charge is 0.230 e.